The lowest BCUT2D eigenvalue weighted by molar-refractivity contribution is -0.145. The number of rotatable bonds is 6. The van der Waals surface area contributed by atoms with Gasteiger partial charge in [0.25, 0.3) is 0 Å². The first-order chi connectivity index (χ1) is 8.88. The number of carbonyl (C=O) groups excluding carboxylic acids is 1. The van der Waals surface area contributed by atoms with E-state index in [1.807, 2.05) is 19.1 Å². The highest BCUT2D eigenvalue weighted by Gasteiger charge is 2.22. The van der Waals surface area contributed by atoms with Crippen molar-refractivity contribution in [3.63, 3.8) is 0 Å². The number of aryl methyl sites for hydroxylation is 1. The van der Waals surface area contributed by atoms with Crippen molar-refractivity contribution in [3.05, 3.63) is 21.9 Å². The van der Waals surface area contributed by atoms with Crippen LogP contribution in [-0.4, -0.2) is 34.2 Å². The predicted octanol–water partition coefficient (Wildman–Crippen LogP) is 0.784. The molecule has 8 heteroatoms. The summed E-state index contributed by atoms with van der Waals surface area (Å²) in [4.78, 5) is 34.7. The Kier molecular flexibility index (Phi) is 5.31. The van der Waals surface area contributed by atoms with Crippen LogP contribution in [0.25, 0.3) is 0 Å². The van der Waals surface area contributed by atoms with Gasteiger partial charge in [0.05, 0.1) is 13.0 Å². The van der Waals surface area contributed by atoms with Gasteiger partial charge < -0.3 is 20.8 Å². The number of hydrogen-bond donors (Lipinski definition) is 4. The Balaban J connectivity index is 2.44. The zero-order chi connectivity index (χ0) is 14.4. The SMILES string of the molecule is Cc1ccc(CNC(=O)NC(CC(=O)O)C(=O)O)s1. The highest BCUT2D eigenvalue weighted by Crippen LogP contribution is 2.14. The van der Waals surface area contributed by atoms with Crippen molar-refractivity contribution in [1.82, 2.24) is 10.6 Å². The summed E-state index contributed by atoms with van der Waals surface area (Å²) >= 11 is 1.51. The second-order valence-corrected chi connectivity index (χ2v) is 5.20. The molecule has 0 saturated carbocycles. The van der Waals surface area contributed by atoms with Crippen LogP contribution in [0.15, 0.2) is 12.1 Å². The van der Waals surface area contributed by atoms with Crippen LogP contribution >= 0.6 is 11.3 Å². The summed E-state index contributed by atoms with van der Waals surface area (Å²) in [7, 11) is 0. The zero-order valence-electron chi connectivity index (χ0n) is 10.2. The van der Waals surface area contributed by atoms with Crippen LogP contribution in [0, 0.1) is 6.92 Å². The molecule has 1 unspecified atom stereocenters. The summed E-state index contributed by atoms with van der Waals surface area (Å²) in [5.41, 5.74) is 0. The molecule has 0 bridgehead atoms. The van der Waals surface area contributed by atoms with Crippen molar-refractivity contribution in [2.24, 2.45) is 0 Å². The number of nitrogens with one attached hydrogen (secondary N) is 2. The average Bonchev–Trinajstić information content (AvgIpc) is 2.71. The summed E-state index contributed by atoms with van der Waals surface area (Å²) in [5, 5.41) is 21.9. The standard InChI is InChI=1S/C11H14N2O5S/c1-6-2-3-7(19-6)5-12-11(18)13-8(10(16)17)4-9(14)15/h2-3,8H,4-5H2,1H3,(H,14,15)(H,16,17)(H2,12,13,18). The van der Waals surface area contributed by atoms with Crippen LogP contribution in [0.5, 0.6) is 0 Å². The molecule has 0 fully saturated rings. The molecule has 0 aromatic carbocycles. The third-order valence-electron chi connectivity index (χ3n) is 2.20. The molecule has 4 N–H and O–H groups in total. The van der Waals surface area contributed by atoms with Gasteiger partial charge in [-0.2, -0.15) is 0 Å². The van der Waals surface area contributed by atoms with E-state index in [0.717, 1.165) is 9.75 Å². The van der Waals surface area contributed by atoms with Crippen LogP contribution in [0.4, 0.5) is 4.79 Å². The number of urea groups is 1. The topological polar surface area (TPSA) is 116 Å². The summed E-state index contributed by atoms with van der Waals surface area (Å²) in [6.45, 7) is 2.20. The molecule has 0 saturated heterocycles. The normalized spacial score (nSPS) is 11.6. The Bertz CT molecular complexity index is 485. The third kappa shape index (κ3) is 5.38. The largest absolute Gasteiger partial charge is 0.481 e. The minimum absolute atomic E-state index is 0.268. The number of carbonyl (C=O) groups is 3. The molecule has 0 aliphatic carbocycles. The van der Waals surface area contributed by atoms with Gasteiger partial charge >= 0.3 is 18.0 Å². The molecule has 2 amide bonds. The van der Waals surface area contributed by atoms with Gasteiger partial charge in [-0.15, -0.1) is 11.3 Å². The van der Waals surface area contributed by atoms with Crippen molar-refractivity contribution < 1.29 is 24.6 Å². The van der Waals surface area contributed by atoms with E-state index >= 15 is 0 Å². The molecule has 0 radical (unpaired) electrons. The molecule has 0 spiro atoms. The lowest BCUT2D eigenvalue weighted by atomic mass is 10.2. The van der Waals surface area contributed by atoms with Gasteiger partial charge in [-0.25, -0.2) is 9.59 Å². The highest BCUT2D eigenvalue weighted by molar-refractivity contribution is 7.11. The van der Waals surface area contributed by atoms with Crippen molar-refractivity contribution in [2.75, 3.05) is 0 Å². The highest BCUT2D eigenvalue weighted by atomic mass is 32.1. The molecule has 1 aromatic heterocycles. The van der Waals surface area contributed by atoms with Gasteiger partial charge in [0, 0.05) is 9.75 Å². The van der Waals surface area contributed by atoms with Gasteiger partial charge in [-0.05, 0) is 19.1 Å². The number of aliphatic carboxylic acids is 2. The third-order valence-corrected chi connectivity index (χ3v) is 3.20. The quantitative estimate of drug-likeness (QED) is 0.617. The Hall–Kier alpha value is -2.09. The van der Waals surface area contributed by atoms with Crippen LogP contribution < -0.4 is 10.6 Å². The van der Waals surface area contributed by atoms with E-state index in [1.54, 1.807) is 0 Å². The van der Waals surface area contributed by atoms with Gasteiger partial charge in [-0.1, -0.05) is 0 Å². The fourth-order valence-electron chi connectivity index (χ4n) is 1.33. The lowest BCUT2D eigenvalue weighted by Crippen LogP contribution is -2.46. The van der Waals surface area contributed by atoms with Gasteiger partial charge in [0.15, 0.2) is 0 Å². The van der Waals surface area contributed by atoms with Crippen molar-refractivity contribution in [2.45, 2.75) is 25.9 Å². The van der Waals surface area contributed by atoms with Crippen LogP contribution in [-0.2, 0) is 16.1 Å². The molecule has 1 heterocycles. The Morgan fingerprint density at radius 1 is 1.32 bits per heavy atom. The monoisotopic (exact) mass is 286 g/mol. The number of carboxylic acid groups (broad SMARTS) is 2. The maximum absolute atomic E-state index is 11.4. The Labute approximate surface area is 113 Å². The molecule has 1 aromatic rings. The first-order valence-corrected chi connectivity index (χ1v) is 6.24. The first-order valence-electron chi connectivity index (χ1n) is 5.42. The van der Waals surface area contributed by atoms with E-state index in [-0.39, 0.29) is 6.54 Å². The first kappa shape index (κ1) is 15.0. The molecule has 1 rings (SSSR count). The molecule has 0 aliphatic heterocycles. The number of thiophene rings is 1. The van der Waals surface area contributed by atoms with E-state index in [2.05, 4.69) is 10.6 Å². The van der Waals surface area contributed by atoms with Gasteiger partial charge in [0.2, 0.25) is 0 Å². The molecule has 19 heavy (non-hydrogen) atoms. The molecule has 104 valence electrons. The Morgan fingerprint density at radius 2 is 2.00 bits per heavy atom. The van der Waals surface area contributed by atoms with E-state index in [1.165, 1.54) is 11.3 Å². The molecule has 7 nitrogen and oxygen atoms in total. The maximum atomic E-state index is 11.4. The summed E-state index contributed by atoms with van der Waals surface area (Å²) in [6.07, 6.45) is -0.666. The molecule has 1 atom stereocenters. The van der Waals surface area contributed by atoms with Crippen LogP contribution in [0.2, 0.25) is 0 Å². The predicted molar refractivity (Wildman–Crippen MR) is 68.1 cm³/mol. The average molecular weight is 286 g/mol. The summed E-state index contributed by atoms with van der Waals surface area (Å²) in [5.74, 6) is -2.67. The van der Waals surface area contributed by atoms with E-state index < -0.39 is 30.4 Å². The number of amides is 2. The van der Waals surface area contributed by atoms with Crippen molar-refractivity contribution in [1.29, 1.82) is 0 Å². The molecule has 0 aliphatic rings. The number of hydrogen-bond acceptors (Lipinski definition) is 4. The second-order valence-electron chi connectivity index (χ2n) is 3.83. The van der Waals surface area contributed by atoms with Crippen LogP contribution in [0.3, 0.4) is 0 Å². The maximum Gasteiger partial charge on any atom is 0.326 e. The van der Waals surface area contributed by atoms with Gasteiger partial charge in [-0.3, -0.25) is 4.79 Å². The van der Waals surface area contributed by atoms with Gasteiger partial charge in [0.1, 0.15) is 6.04 Å². The molecular formula is C11H14N2O5S. The molecular weight excluding hydrogens is 272 g/mol. The second kappa shape index (κ2) is 6.74. The minimum atomic E-state index is -1.44. The van der Waals surface area contributed by atoms with Crippen molar-refractivity contribution in [3.8, 4) is 0 Å². The zero-order valence-corrected chi connectivity index (χ0v) is 11.0. The Morgan fingerprint density at radius 3 is 2.47 bits per heavy atom. The minimum Gasteiger partial charge on any atom is -0.481 e. The van der Waals surface area contributed by atoms with E-state index in [0.29, 0.717) is 0 Å². The fourth-order valence-corrected chi connectivity index (χ4v) is 2.16. The van der Waals surface area contributed by atoms with E-state index in [9.17, 15) is 14.4 Å². The van der Waals surface area contributed by atoms with Crippen molar-refractivity contribution >= 4 is 29.3 Å². The number of carboxylic acids is 2. The smallest absolute Gasteiger partial charge is 0.326 e. The fraction of sp³-hybridized carbons (Fsp3) is 0.364. The lowest BCUT2D eigenvalue weighted by Gasteiger charge is -2.12. The van der Waals surface area contributed by atoms with Crippen LogP contribution in [0.1, 0.15) is 16.2 Å². The van der Waals surface area contributed by atoms with E-state index in [4.69, 9.17) is 10.2 Å². The summed E-state index contributed by atoms with van der Waals surface area (Å²) in [6, 6.07) is 1.61. The summed E-state index contributed by atoms with van der Waals surface area (Å²) < 4.78 is 0.